The lowest BCUT2D eigenvalue weighted by atomic mass is 10.2. The number of rotatable bonds is 5. The van der Waals surface area contributed by atoms with Crippen LogP contribution < -0.4 is 4.90 Å². The number of amides is 1. The van der Waals surface area contributed by atoms with E-state index in [1.54, 1.807) is 0 Å². The summed E-state index contributed by atoms with van der Waals surface area (Å²) in [6.45, 7) is 3.52. The molecule has 2 aromatic carbocycles. The van der Waals surface area contributed by atoms with E-state index in [0.717, 1.165) is 41.7 Å². The summed E-state index contributed by atoms with van der Waals surface area (Å²) in [6.07, 6.45) is 0.915. The van der Waals surface area contributed by atoms with Crippen LogP contribution in [0.25, 0.3) is 11.4 Å². The van der Waals surface area contributed by atoms with Crippen LogP contribution in [0, 0.1) is 0 Å². The first-order valence-electron chi connectivity index (χ1n) is 8.87. The summed E-state index contributed by atoms with van der Waals surface area (Å²) >= 11 is 7.40. The van der Waals surface area contributed by atoms with Crippen molar-refractivity contribution in [3.63, 3.8) is 0 Å². The first kappa shape index (κ1) is 18.1. The van der Waals surface area contributed by atoms with Crippen LogP contribution in [0.4, 0.5) is 5.69 Å². The van der Waals surface area contributed by atoms with Gasteiger partial charge in [0.05, 0.1) is 5.75 Å². The Morgan fingerprint density at radius 3 is 2.70 bits per heavy atom. The number of thioether (sulfide) groups is 1. The van der Waals surface area contributed by atoms with Gasteiger partial charge in [-0.1, -0.05) is 41.6 Å². The molecule has 5 nitrogen and oxygen atoms in total. The van der Waals surface area contributed by atoms with E-state index in [-0.39, 0.29) is 5.91 Å². The normalized spacial score (nSPS) is 13.0. The molecule has 1 aliphatic heterocycles. The number of para-hydroxylation sites is 1. The lowest BCUT2D eigenvalue weighted by Crippen LogP contribution is -2.30. The first-order chi connectivity index (χ1) is 13.2. The Labute approximate surface area is 167 Å². The Morgan fingerprint density at radius 1 is 1.15 bits per heavy atom. The average molecular weight is 399 g/mol. The smallest absolute Gasteiger partial charge is 0.237 e. The number of hydrogen-bond donors (Lipinski definition) is 0. The summed E-state index contributed by atoms with van der Waals surface area (Å²) in [5, 5.41) is 10.1. The third-order valence-corrected chi connectivity index (χ3v) is 5.85. The standard InChI is InChI=1S/C20H19ClN4OS/c1-2-24-19(15-7-9-16(21)10-8-15)22-23-20(24)27-13-18(26)25-12-11-14-5-3-4-6-17(14)25/h3-10H,2,11-13H2,1H3. The molecule has 3 aromatic rings. The zero-order valence-electron chi connectivity index (χ0n) is 14.9. The summed E-state index contributed by atoms with van der Waals surface area (Å²) in [5.74, 6) is 1.23. The Kier molecular flexibility index (Phi) is 5.18. The number of carbonyl (C=O) groups is 1. The second-order valence-electron chi connectivity index (χ2n) is 6.27. The summed E-state index contributed by atoms with van der Waals surface area (Å²) in [7, 11) is 0. The molecule has 0 unspecified atom stereocenters. The lowest BCUT2D eigenvalue weighted by Gasteiger charge is -2.17. The second-order valence-corrected chi connectivity index (χ2v) is 7.65. The Bertz CT molecular complexity index is 970. The maximum atomic E-state index is 12.7. The highest BCUT2D eigenvalue weighted by Gasteiger charge is 2.24. The molecule has 2 heterocycles. The van der Waals surface area contributed by atoms with Crippen molar-refractivity contribution in [1.82, 2.24) is 14.8 Å². The van der Waals surface area contributed by atoms with Gasteiger partial charge in [0, 0.05) is 29.4 Å². The van der Waals surface area contributed by atoms with Gasteiger partial charge in [0.1, 0.15) is 0 Å². The zero-order valence-corrected chi connectivity index (χ0v) is 16.5. The molecular weight excluding hydrogens is 380 g/mol. The molecule has 0 bridgehead atoms. The summed E-state index contributed by atoms with van der Waals surface area (Å²) in [5.41, 5.74) is 3.22. The molecule has 0 spiro atoms. The molecule has 0 fully saturated rings. The van der Waals surface area contributed by atoms with Gasteiger partial charge in [-0.2, -0.15) is 0 Å². The van der Waals surface area contributed by atoms with Crippen molar-refractivity contribution in [2.75, 3.05) is 17.2 Å². The fourth-order valence-corrected chi connectivity index (χ4v) is 4.30. The van der Waals surface area contributed by atoms with Crippen molar-refractivity contribution in [1.29, 1.82) is 0 Å². The molecule has 138 valence electrons. The number of nitrogens with zero attached hydrogens (tertiary/aromatic N) is 4. The number of fused-ring (bicyclic) bond motifs is 1. The minimum atomic E-state index is 0.101. The largest absolute Gasteiger partial charge is 0.311 e. The van der Waals surface area contributed by atoms with E-state index in [9.17, 15) is 4.79 Å². The molecule has 1 aromatic heterocycles. The van der Waals surface area contributed by atoms with Crippen molar-refractivity contribution in [2.24, 2.45) is 0 Å². The quantitative estimate of drug-likeness (QED) is 0.601. The summed E-state index contributed by atoms with van der Waals surface area (Å²) in [4.78, 5) is 14.6. The van der Waals surface area contributed by atoms with Gasteiger partial charge in [-0.15, -0.1) is 10.2 Å². The molecule has 7 heteroatoms. The minimum Gasteiger partial charge on any atom is -0.311 e. The highest BCUT2D eigenvalue weighted by Crippen LogP contribution is 2.29. The Hall–Kier alpha value is -2.31. The maximum Gasteiger partial charge on any atom is 0.237 e. The number of halogens is 1. The van der Waals surface area contributed by atoms with Gasteiger partial charge in [-0.25, -0.2) is 0 Å². The number of benzene rings is 2. The molecular formula is C20H19ClN4OS. The third kappa shape index (κ3) is 3.59. The van der Waals surface area contributed by atoms with Crippen LogP contribution in [0.2, 0.25) is 5.02 Å². The minimum absolute atomic E-state index is 0.101. The van der Waals surface area contributed by atoms with Gasteiger partial charge in [0.25, 0.3) is 0 Å². The molecule has 1 amide bonds. The van der Waals surface area contributed by atoms with E-state index in [2.05, 4.69) is 16.3 Å². The second kappa shape index (κ2) is 7.74. The number of hydrogen-bond acceptors (Lipinski definition) is 4. The Balaban J connectivity index is 1.49. The van der Waals surface area contributed by atoms with Crippen LogP contribution >= 0.6 is 23.4 Å². The fourth-order valence-electron chi connectivity index (χ4n) is 3.29. The predicted octanol–water partition coefficient (Wildman–Crippen LogP) is 4.30. The summed E-state index contributed by atoms with van der Waals surface area (Å²) in [6, 6.07) is 15.6. The SMILES string of the molecule is CCn1c(SCC(=O)N2CCc3ccccc32)nnc1-c1ccc(Cl)cc1. The van der Waals surface area contributed by atoms with Crippen molar-refractivity contribution < 1.29 is 4.79 Å². The third-order valence-electron chi connectivity index (χ3n) is 4.65. The van der Waals surface area contributed by atoms with Crippen LogP contribution in [-0.4, -0.2) is 33.0 Å². The number of carbonyl (C=O) groups excluding carboxylic acids is 1. The van der Waals surface area contributed by atoms with Crippen molar-refractivity contribution >= 4 is 35.0 Å². The Morgan fingerprint density at radius 2 is 1.93 bits per heavy atom. The van der Waals surface area contributed by atoms with Gasteiger partial charge in [0.2, 0.25) is 5.91 Å². The molecule has 1 aliphatic rings. The van der Waals surface area contributed by atoms with E-state index in [1.807, 2.05) is 58.9 Å². The first-order valence-corrected chi connectivity index (χ1v) is 10.2. The van der Waals surface area contributed by atoms with Gasteiger partial charge in [-0.05, 0) is 49.2 Å². The molecule has 0 N–H and O–H groups in total. The molecule has 0 saturated heterocycles. The highest BCUT2D eigenvalue weighted by atomic mass is 35.5. The average Bonchev–Trinajstić information content (AvgIpc) is 3.30. The van der Waals surface area contributed by atoms with Crippen molar-refractivity contribution in [2.45, 2.75) is 25.0 Å². The van der Waals surface area contributed by atoms with Gasteiger partial charge in [0.15, 0.2) is 11.0 Å². The lowest BCUT2D eigenvalue weighted by molar-refractivity contribution is -0.116. The van der Waals surface area contributed by atoms with Crippen molar-refractivity contribution in [3.8, 4) is 11.4 Å². The van der Waals surface area contributed by atoms with E-state index in [4.69, 9.17) is 11.6 Å². The molecule has 27 heavy (non-hydrogen) atoms. The number of aromatic nitrogens is 3. The van der Waals surface area contributed by atoms with Crippen LogP contribution in [0.1, 0.15) is 12.5 Å². The summed E-state index contributed by atoms with van der Waals surface area (Å²) < 4.78 is 2.03. The monoisotopic (exact) mass is 398 g/mol. The topological polar surface area (TPSA) is 51.0 Å². The van der Waals surface area contributed by atoms with Crippen LogP contribution in [-0.2, 0) is 17.8 Å². The molecule has 0 aliphatic carbocycles. The van der Waals surface area contributed by atoms with Gasteiger partial charge < -0.3 is 9.47 Å². The maximum absolute atomic E-state index is 12.7. The fraction of sp³-hybridized carbons (Fsp3) is 0.250. The molecule has 0 radical (unpaired) electrons. The zero-order chi connectivity index (χ0) is 18.8. The highest BCUT2D eigenvalue weighted by molar-refractivity contribution is 7.99. The molecule has 4 rings (SSSR count). The van der Waals surface area contributed by atoms with Crippen LogP contribution in [0.5, 0.6) is 0 Å². The molecule has 0 atom stereocenters. The van der Waals surface area contributed by atoms with E-state index in [0.29, 0.717) is 10.8 Å². The van der Waals surface area contributed by atoms with Gasteiger partial charge >= 0.3 is 0 Å². The predicted molar refractivity (Wildman–Crippen MR) is 109 cm³/mol. The molecule has 0 saturated carbocycles. The van der Waals surface area contributed by atoms with Crippen LogP contribution in [0.15, 0.2) is 53.7 Å². The van der Waals surface area contributed by atoms with Crippen LogP contribution in [0.3, 0.4) is 0 Å². The van der Waals surface area contributed by atoms with Crippen molar-refractivity contribution in [3.05, 3.63) is 59.1 Å². The van der Waals surface area contributed by atoms with Gasteiger partial charge in [-0.3, -0.25) is 4.79 Å². The number of anilines is 1. The van der Waals surface area contributed by atoms with E-state index in [1.165, 1.54) is 17.3 Å². The van der Waals surface area contributed by atoms with E-state index >= 15 is 0 Å². The van der Waals surface area contributed by atoms with E-state index < -0.39 is 0 Å².